The predicted molar refractivity (Wildman–Crippen MR) is 176 cm³/mol. The zero-order valence-electron chi connectivity index (χ0n) is 25.5. The van der Waals surface area contributed by atoms with Gasteiger partial charge < -0.3 is 31.4 Å². The number of nitrogens with two attached hydrogens (primary N) is 1. The van der Waals surface area contributed by atoms with Crippen LogP contribution in [0.4, 0.5) is 4.79 Å². The largest absolute Gasteiger partial charge is 0.549 e. The number of carbonyl (C=O) groups is 2. The Morgan fingerprint density at radius 1 is 0.913 bits per heavy atom. The Hall–Kier alpha value is -4.40. The topological polar surface area (TPSA) is 204 Å². The molecule has 0 bridgehead atoms. The molecule has 0 heterocycles. The van der Waals surface area contributed by atoms with Gasteiger partial charge in [-0.05, 0) is 48.9 Å². The molecule has 14 heteroatoms. The van der Waals surface area contributed by atoms with E-state index in [1.165, 1.54) is 12.1 Å². The quantitative estimate of drug-likeness (QED) is 0.0475. The van der Waals surface area contributed by atoms with Gasteiger partial charge in [0.2, 0.25) is 5.91 Å². The van der Waals surface area contributed by atoms with E-state index in [0.717, 1.165) is 36.8 Å². The maximum atomic E-state index is 12.7. The molecular weight excluding hydrogens is 609 g/mol. The molecule has 1 fully saturated rings. The number of nitrogens with one attached hydrogen (secondary N) is 4. The minimum atomic E-state index is -4.00. The molecule has 0 aromatic heterocycles. The van der Waals surface area contributed by atoms with Crippen LogP contribution in [0.2, 0.25) is 0 Å². The molecule has 12 nitrogen and oxygen atoms in total. The summed E-state index contributed by atoms with van der Waals surface area (Å²) < 4.78 is 34.5. The lowest BCUT2D eigenvalue weighted by atomic mass is 9.75. The van der Waals surface area contributed by atoms with Gasteiger partial charge in [0.1, 0.15) is 0 Å². The van der Waals surface area contributed by atoms with Crippen molar-refractivity contribution in [2.24, 2.45) is 11.7 Å². The Labute approximate surface area is 270 Å². The molecule has 3 aromatic carbocycles. The molecule has 0 saturated heterocycles. The summed E-state index contributed by atoms with van der Waals surface area (Å²) in [6, 6.07) is 27.1. The molecule has 1 atom stereocenters. The molecule has 1 aliphatic carbocycles. The van der Waals surface area contributed by atoms with Crippen LogP contribution in [0.1, 0.15) is 55.6 Å². The minimum Gasteiger partial charge on any atom is -0.491 e. The van der Waals surface area contributed by atoms with Gasteiger partial charge >= 0.3 is 13.2 Å². The lowest BCUT2D eigenvalue weighted by Crippen LogP contribution is -2.51. The van der Waals surface area contributed by atoms with Crippen molar-refractivity contribution < 1.29 is 32.2 Å². The van der Waals surface area contributed by atoms with Gasteiger partial charge in [-0.3, -0.25) is 14.8 Å². The van der Waals surface area contributed by atoms with Gasteiger partial charge in [0, 0.05) is 24.9 Å². The summed E-state index contributed by atoms with van der Waals surface area (Å²) in [6.07, 6.45) is 3.77. The summed E-state index contributed by atoms with van der Waals surface area (Å²) in [7, 11) is -5.52. The van der Waals surface area contributed by atoms with Crippen LogP contribution in [0.3, 0.4) is 0 Å². The first-order valence-corrected chi connectivity index (χ1v) is 16.6. The Morgan fingerprint density at radius 2 is 1.43 bits per heavy atom. The summed E-state index contributed by atoms with van der Waals surface area (Å²) in [5.41, 5.74) is 7.41. The van der Waals surface area contributed by atoms with Crippen molar-refractivity contribution in [2.45, 2.75) is 55.3 Å². The predicted octanol–water partition coefficient (Wildman–Crippen LogP) is 3.44. The van der Waals surface area contributed by atoms with E-state index in [-0.39, 0.29) is 35.1 Å². The highest BCUT2D eigenvalue weighted by Gasteiger charge is 2.34. The molecule has 4 rings (SSSR count). The molecule has 0 spiro atoms. The van der Waals surface area contributed by atoms with Crippen molar-refractivity contribution in [1.82, 2.24) is 16.0 Å². The average molecular weight is 652 g/mol. The van der Waals surface area contributed by atoms with Crippen LogP contribution in [0, 0.1) is 11.3 Å². The van der Waals surface area contributed by atoms with Crippen molar-refractivity contribution in [1.29, 1.82) is 5.41 Å². The monoisotopic (exact) mass is 651 g/mol. The number of hydrogen-bond acceptors (Lipinski definition) is 7. The van der Waals surface area contributed by atoms with E-state index in [0.29, 0.717) is 19.4 Å². The lowest BCUT2D eigenvalue weighted by molar-refractivity contribution is -0.125. The summed E-state index contributed by atoms with van der Waals surface area (Å²) in [5.74, 6) is -1.22. The third-order valence-electron chi connectivity index (χ3n) is 7.53. The standard InChI is InChI=1S/C26H36BN5O4.C6H6O3S/c28-25(29)30-17-9-16-23(32-24(33)21-14-7-8-15-21)27(35)36-26(34)31-18-22(19-10-3-1-4-11-19)20-12-5-2-6-13-20;7-10(8,9)6-4-2-1-3-5-6/h1-6,10-13,21-23,35H,7-9,14-18H2,(H,31,34)(H,32,33)(H4,28,29,30);1-5H,(H,7,8,9). The van der Waals surface area contributed by atoms with E-state index in [4.69, 9.17) is 20.4 Å². The zero-order valence-corrected chi connectivity index (χ0v) is 26.4. The average Bonchev–Trinajstić information content (AvgIpc) is 3.59. The third-order valence-corrected chi connectivity index (χ3v) is 8.40. The highest BCUT2D eigenvalue weighted by molar-refractivity contribution is 7.85. The highest BCUT2D eigenvalue weighted by Crippen LogP contribution is 2.25. The Bertz CT molecular complexity index is 1440. The number of guanidine groups is 1. The summed E-state index contributed by atoms with van der Waals surface area (Å²) in [5, 5.41) is 26.3. The second-order valence-electron chi connectivity index (χ2n) is 10.9. The molecule has 1 saturated carbocycles. The highest BCUT2D eigenvalue weighted by atomic mass is 32.2. The Balaban J connectivity index is 0.000000489. The SMILES string of the molecule is N=C(N)NCCCC(NC(=O)C1CCCC1)B(O)OC(=O)NCC(c1ccccc1)c1ccccc1.O=S(=O)(O)c1ccccc1. The van der Waals surface area contributed by atoms with Gasteiger partial charge in [-0.1, -0.05) is 91.7 Å². The Kier molecular flexibility index (Phi) is 14.5. The summed E-state index contributed by atoms with van der Waals surface area (Å²) in [4.78, 5) is 25.2. The van der Waals surface area contributed by atoms with Crippen LogP contribution < -0.4 is 21.7 Å². The van der Waals surface area contributed by atoms with Crippen LogP contribution in [0.15, 0.2) is 95.9 Å². The maximum absolute atomic E-state index is 12.7. The molecule has 46 heavy (non-hydrogen) atoms. The second-order valence-corrected chi connectivity index (χ2v) is 12.3. The fourth-order valence-corrected chi connectivity index (χ4v) is 5.63. The van der Waals surface area contributed by atoms with Gasteiger partial charge in [-0.25, -0.2) is 4.79 Å². The second kappa shape index (κ2) is 18.5. The van der Waals surface area contributed by atoms with E-state index in [1.54, 1.807) is 18.2 Å². The molecule has 246 valence electrons. The van der Waals surface area contributed by atoms with Crippen molar-refractivity contribution in [3.05, 3.63) is 102 Å². The van der Waals surface area contributed by atoms with Gasteiger partial charge in [0.15, 0.2) is 5.96 Å². The van der Waals surface area contributed by atoms with Gasteiger partial charge in [-0.15, -0.1) is 0 Å². The fraction of sp³-hybridized carbons (Fsp3) is 0.344. The normalized spacial score (nSPS) is 13.5. The molecule has 1 aliphatic rings. The first-order valence-electron chi connectivity index (χ1n) is 15.2. The molecule has 0 aliphatic heterocycles. The van der Waals surface area contributed by atoms with Crippen molar-refractivity contribution in [3.63, 3.8) is 0 Å². The van der Waals surface area contributed by atoms with Crippen LogP contribution >= 0.6 is 0 Å². The van der Waals surface area contributed by atoms with E-state index >= 15 is 0 Å². The number of benzene rings is 3. The Morgan fingerprint density at radius 3 is 1.91 bits per heavy atom. The van der Waals surface area contributed by atoms with Crippen molar-refractivity contribution >= 4 is 35.2 Å². The number of rotatable bonds is 13. The molecular formula is C32H42BN5O7S. The van der Waals surface area contributed by atoms with E-state index in [2.05, 4.69) is 16.0 Å². The maximum Gasteiger partial charge on any atom is 0.549 e. The summed E-state index contributed by atoms with van der Waals surface area (Å²) >= 11 is 0. The zero-order chi connectivity index (χ0) is 33.4. The fourth-order valence-electron chi connectivity index (χ4n) is 5.13. The molecule has 8 N–H and O–H groups in total. The van der Waals surface area contributed by atoms with E-state index < -0.39 is 29.3 Å². The third kappa shape index (κ3) is 12.5. The number of amides is 2. The van der Waals surface area contributed by atoms with E-state index in [1.807, 2.05) is 60.7 Å². The first kappa shape index (κ1) is 36.1. The van der Waals surface area contributed by atoms with Crippen LogP contribution in [-0.4, -0.2) is 62.1 Å². The van der Waals surface area contributed by atoms with Gasteiger partial charge in [-0.2, -0.15) is 8.42 Å². The smallest absolute Gasteiger partial charge is 0.491 e. The van der Waals surface area contributed by atoms with E-state index in [9.17, 15) is 23.0 Å². The molecule has 1 unspecified atom stereocenters. The van der Waals surface area contributed by atoms with Gasteiger partial charge in [0.25, 0.3) is 10.1 Å². The minimum absolute atomic E-state index is 0.0741. The van der Waals surface area contributed by atoms with Gasteiger partial charge in [0.05, 0.1) is 10.8 Å². The molecule has 0 radical (unpaired) electrons. The van der Waals surface area contributed by atoms with Crippen molar-refractivity contribution in [3.8, 4) is 0 Å². The van der Waals surface area contributed by atoms with Crippen LogP contribution in [-0.2, 0) is 19.6 Å². The van der Waals surface area contributed by atoms with Crippen LogP contribution in [0.5, 0.6) is 0 Å². The number of hydrogen-bond donors (Lipinski definition) is 7. The lowest BCUT2D eigenvalue weighted by Gasteiger charge is -2.23. The van der Waals surface area contributed by atoms with Crippen molar-refractivity contribution in [2.75, 3.05) is 13.1 Å². The first-order chi connectivity index (χ1) is 22.0. The van der Waals surface area contributed by atoms with Crippen LogP contribution in [0.25, 0.3) is 0 Å². The summed E-state index contributed by atoms with van der Waals surface area (Å²) in [6.45, 7) is 0.682. The number of carbonyl (C=O) groups excluding carboxylic acids is 2. The molecule has 2 amide bonds. The molecule has 3 aromatic rings.